The monoisotopic (exact) mass is 177 g/mol. The van der Waals surface area contributed by atoms with E-state index in [-0.39, 0.29) is 0 Å². The normalized spacial score (nSPS) is 10.3. The van der Waals surface area contributed by atoms with Crippen molar-refractivity contribution in [2.75, 3.05) is 13.7 Å². The minimum absolute atomic E-state index is 0.518. The topological polar surface area (TPSA) is 18.5 Å². The fourth-order valence-electron chi connectivity index (χ4n) is 0.944. The lowest BCUT2D eigenvalue weighted by Crippen LogP contribution is -1.95. The summed E-state index contributed by atoms with van der Waals surface area (Å²) in [6.45, 7) is 4.09. The Balaban J connectivity index is 2.64. The van der Waals surface area contributed by atoms with Gasteiger partial charge in [0.1, 0.15) is 6.61 Å². The molecular formula is C11H13O2. The van der Waals surface area contributed by atoms with E-state index in [1.54, 1.807) is 13.2 Å². The Kier molecular flexibility index (Phi) is 3.89. The smallest absolute Gasteiger partial charge is 0.161 e. The maximum Gasteiger partial charge on any atom is 0.161 e. The van der Waals surface area contributed by atoms with Gasteiger partial charge < -0.3 is 9.47 Å². The van der Waals surface area contributed by atoms with E-state index in [4.69, 9.17) is 9.47 Å². The Morgan fingerprint density at radius 1 is 1.31 bits per heavy atom. The summed E-state index contributed by atoms with van der Waals surface area (Å²) in [6.07, 6.45) is 3.54. The van der Waals surface area contributed by atoms with Crippen LogP contribution in [0.4, 0.5) is 0 Å². The second-order valence-corrected chi connectivity index (χ2v) is 2.43. The lowest BCUT2D eigenvalue weighted by atomic mass is 10.3. The van der Waals surface area contributed by atoms with Gasteiger partial charge in [0, 0.05) is 0 Å². The van der Waals surface area contributed by atoms with Crippen LogP contribution in [-0.2, 0) is 0 Å². The number of hydrogen-bond acceptors (Lipinski definition) is 2. The largest absolute Gasteiger partial charge is 0.493 e. The summed E-state index contributed by atoms with van der Waals surface area (Å²) in [5, 5.41) is 0. The van der Waals surface area contributed by atoms with Crippen LogP contribution >= 0.6 is 0 Å². The van der Waals surface area contributed by atoms with Gasteiger partial charge >= 0.3 is 0 Å². The Bertz CT molecular complexity index is 279. The molecule has 2 heteroatoms. The fraction of sp³-hybridized carbons (Fsp3) is 0.182. The van der Waals surface area contributed by atoms with Gasteiger partial charge in [0.15, 0.2) is 11.5 Å². The SMILES string of the molecule is [CH2]/C=C/COc1ccccc1OC. The third-order valence-corrected chi connectivity index (χ3v) is 1.57. The van der Waals surface area contributed by atoms with Gasteiger partial charge in [-0.05, 0) is 19.1 Å². The van der Waals surface area contributed by atoms with Crippen LogP contribution < -0.4 is 9.47 Å². The number of hydrogen-bond donors (Lipinski definition) is 0. The Morgan fingerprint density at radius 2 is 2.00 bits per heavy atom. The zero-order chi connectivity index (χ0) is 9.52. The number of ether oxygens (including phenoxy) is 2. The fourth-order valence-corrected chi connectivity index (χ4v) is 0.944. The molecular weight excluding hydrogens is 164 g/mol. The van der Waals surface area contributed by atoms with Crippen LogP contribution in [0.2, 0.25) is 0 Å². The second kappa shape index (κ2) is 5.25. The molecule has 1 rings (SSSR count). The van der Waals surface area contributed by atoms with Crippen molar-refractivity contribution in [1.82, 2.24) is 0 Å². The summed E-state index contributed by atoms with van der Waals surface area (Å²) in [6, 6.07) is 7.55. The van der Waals surface area contributed by atoms with E-state index in [9.17, 15) is 0 Å². The van der Waals surface area contributed by atoms with Crippen molar-refractivity contribution in [1.29, 1.82) is 0 Å². The summed E-state index contributed by atoms with van der Waals surface area (Å²) in [4.78, 5) is 0. The lowest BCUT2D eigenvalue weighted by Gasteiger charge is -2.07. The molecule has 2 nitrogen and oxygen atoms in total. The summed E-state index contributed by atoms with van der Waals surface area (Å²) >= 11 is 0. The predicted octanol–water partition coefficient (Wildman–Crippen LogP) is 2.46. The molecule has 69 valence electrons. The zero-order valence-electron chi connectivity index (χ0n) is 7.69. The first-order valence-electron chi connectivity index (χ1n) is 4.08. The van der Waals surface area contributed by atoms with Crippen molar-refractivity contribution in [3.63, 3.8) is 0 Å². The molecule has 1 aromatic rings. The summed E-state index contributed by atoms with van der Waals surface area (Å²) in [5.41, 5.74) is 0. The maximum absolute atomic E-state index is 5.42. The highest BCUT2D eigenvalue weighted by molar-refractivity contribution is 5.39. The highest BCUT2D eigenvalue weighted by atomic mass is 16.5. The van der Waals surface area contributed by atoms with E-state index < -0.39 is 0 Å². The van der Waals surface area contributed by atoms with E-state index in [1.165, 1.54) is 0 Å². The summed E-state index contributed by atoms with van der Waals surface area (Å²) in [7, 11) is 1.62. The molecule has 0 unspecified atom stereocenters. The van der Waals surface area contributed by atoms with Crippen molar-refractivity contribution in [3.05, 3.63) is 43.3 Å². The minimum Gasteiger partial charge on any atom is -0.493 e. The molecule has 0 atom stereocenters. The van der Waals surface area contributed by atoms with Crippen LogP contribution in [0, 0.1) is 6.92 Å². The Labute approximate surface area is 78.8 Å². The van der Waals surface area contributed by atoms with Gasteiger partial charge in [-0.25, -0.2) is 0 Å². The number of para-hydroxylation sites is 2. The minimum atomic E-state index is 0.518. The number of benzene rings is 1. The van der Waals surface area contributed by atoms with Gasteiger partial charge in [0.2, 0.25) is 0 Å². The third-order valence-electron chi connectivity index (χ3n) is 1.57. The van der Waals surface area contributed by atoms with Crippen LogP contribution in [0.25, 0.3) is 0 Å². The van der Waals surface area contributed by atoms with Gasteiger partial charge in [-0.3, -0.25) is 0 Å². The van der Waals surface area contributed by atoms with Gasteiger partial charge in [-0.2, -0.15) is 0 Å². The molecule has 0 fully saturated rings. The first kappa shape index (κ1) is 9.65. The van der Waals surface area contributed by atoms with Crippen LogP contribution in [0.5, 0.6) is 11.5 Å². The van der Waals surface area contributed by atoms with Crippen LogP contribution in [0.3, 0.4) is 0 Å². The van der Waals surface area contributed by atoms with Crippen molar-refractivity contribution in [3.8, 4) is 11.5 Å². The van der Waals surface area contributed by atoms with Gasteiger partial charge in [0.25, 0.3) is 0 Å². The van der Waals surface area contributed by atoms with Crippen LogP contribution in [0.1, 0.15) is 0 Å². The number of methoxy groups -OCH3 is 1. The maximum atomic E-state index is 5.42. The first-order valence-corrected chi connectivity index (χ1v) is 4.08. The molecule has 0 heterocycles. The third kappa shape index (κ3) is 2.82. The molecule has 13 heavy (non-hydrogen) atoms. The second-order valence-electron chi connectivity index (χ2n) is 2.43. The number of rotatable bonds is 4. The predicted molar refractivity (Wildman–Crippen MR) is 53.0 cm³/mol. The van der Waals surface area contributed by atoms with Crippen molar-refractivity contribution in [2.45, 2.75) is 0 Å². The molecule has 0 saturated carbocycles. The molecule has 1 aromatic carbocycles. The number of allylic oxidation sites excluding steroid dienone is 1. The average molecular weight is 177 g/mol. The van der Waals surface area contributed by atoms with E-state index in [0.717, 1.165) is 11.5 Å². The molecule has 0 aliphatic carbocycles. The van der Waals surface area contributed by atoms with Crippen molar-refractivity contribution < 1.29 is 9.47 Å². The lowest BCUT2D eigenvalue weighted by molar-refractivity contribution is 0.326. The highest BCUT2D eigenvalue weighted by Gasteiger charge is 1.99. The molecule has 0 aromatic heterocycles. The van der Waals surface area contributed by atoms with Crippen LogP contribution in [0.15, 0.2) is 36.4 Å². The quantitative estimate of drug-likeness (QED) is 0.703. The Hall–Kier alpha value is -1.44. The van der Waals surface area contributed by atoms with Gasteiger partial charge in [0.05, 0.1) is 7.11 Å². The first-order chi connectivity index (χ1) is 6.38. The molecule has 0 aliphatic heterocycles. The zero-order valence-corrected chi connectivity index (χ0v) is 7.69. The average Bonchev–Trinajstić information content (AvgIpc) is 2.19. The molecule has 1 radical (unpaired) electrons. The van der Waals surface area contributed by atoms with E-state index in [2.05, 4.69) is 6.92 Å². The summed E-state index contributed by atoms with van der Waals surface area (Å²) < 4.78 is 10.5. The van der Waals surface area contributed by atoms with Crippen molar-refractivity contribution >= 4 is 0 Å². The molecule has 0 saturated heterocycles. The van der Waals surface area contributed by atoms with Crippen LogP contribution in [-0.4, -0.2) is 13.7 Å². The van der Waals surface area contributed by atoms with E-state index >= 15 is 0 Å². The summed E-state index contributed by atoms with van der Waals surface area (Å²) in [5.74, 6) is 1.50. The van der Waals surface area contributed by atoms with Gasteiger partial charge in [-0.1, -0.05) is 24.3 Å². The molecule has 0 bridgehead atoms. The van der Waals surface area contributed by atoms with E-state index in [0.29, 0.717) is 6.61 Å². The Morgan fingerprint density at radius 3 is 2.62 bits per heavy atom. The van der Waals surface area contributed by atoms with Gasteiger partial charge in [-0.15, -0.1) is 0 Å². The molecule has 0 spiro atoms. The molecule has 0 N–H and O–H groups in total. The van der Waals surface area contributed by atoms with E-state index in [1.807, 2.05) is 30.3 Å². The van der Waals surface area contributed by atoms with Crippen molar-refractivity contribution in [2.24, 2.45) is 0 Å². The highest BCUT2D eigenvalue weighted by Crippen LogP contribution is 2.25. The molecule has 0 aliphatic rings. The molecule has 0 amide bonds. The standard InChI is InChI=1S/C11H13O2/c1-3-4-9-13-11-8-6-5-7-10(11)12-2/h3-8H,1,9H2,2H3/b4-3+.